The maximum atomic E-state index is 11.3. The van der Waals surface area contributed by atoms with Gasteiger partial charge in [0.25, 0.3) is 0 Å². The maximum Gasteiger partial charge on any atom is 0.472 e. The number of nitrogens with two attached hydrogens (primary N) is 1. The topological polar surface area (TPSA) is 91.0 Å². The fourth-order valence-electron chi connectivity index (χ4n) is 3.01. The highest BCUT2D eigenvalue weighted by molar-refractivity contribution is 7.47. The van der Waals surface area contributed by atoms with Crippen LogP contribution in [0.15, 0.2) is 48.5 Å². The molecule has 1 heterocycles. The van der Waals surface area contributed by atoms with Crippen LogP contribution in [-0.4, -0.2) is 30.3 Å². The van der Waals surface area contributed by atoms with Crippen molar-refractivity contribution >= 4 is 7.82 Å². The summed E-state index contributed by atoms with van der Waals surface area (Å²) in [6.07, 6.45) is 3.30. The average Bonchev–Trinajstić information content (AvgIpc) is 2.69. The molecular formula is C21H28NO5P. The van der Waals surface area contributed by atoms with Gasteiger partial charge in [-0.25, -0.2) is 4.57 Å². The summed E-state index contributed by atoms with van der Waals surface area (Å²) in [4.78, 5) is 9.23. The molecule has 0 aromatic heterocycles. The molecule has 0 bridgehead atoms. The summed E-state index contributed by atoms with van der Waals surface area (Å²) in [6.45, 7) is 2.80. The van der Waals surface area contributed by atoms with Crippen molar-refractivity contribution in [2.45, 2.75) is 38.1 Å². The van der Waals surface area contributed by atoms with Crippen molar-refractivity contribution in [3.8, 4) is 5.75 Å². The zero-order chi connectivity index (χ0) is 20.0. The second-order valence-corrected chi connectivity index (χ2v) is 8.91. The molecule has 1 aliphatic rings. The van der Waals surface area contributed by atoms with E-state index in [-0.39, 0.29) is 13.2 Å². The molecule has 1 aliphatic heterocycles. The van der Waals surface area contributed by atoms with Gasteiger partial charge in [0.15, 0.2) is 0 Å². The molecule has 152 valence electrons. The number of phosphoric ester groups is 1. The van der Waals surface area contributed by atoms with Gasteiger partial charge in [-0.15, -0.1) is 0 Å². The monoisotopic (exact) mass is 405 g/mol. The quantitative estimate of drug-likeness (QED) is 0.513. The molecule has 0 amide bonds. The number of ether oxygens (including phenoxy) is 1. The number of hydrogen-bond acceptors (Lipinski definition) is 5. The Morgan fingerprint density at radius 2 is 1.61 bits per heavy atom. The molecule has 1 saturated heterocycles. The lowest BCUT2D eigenvalue weighted by Gasteiger charge is -2.34. The van der Waals surface area contributed by atoms with Gasteiger partial charge in [-0.3, -0.25) is 9.05 Å². The first-order chi connectivity index (χ1) is 13.3. The highest BCUT2D eigenvalue weighted by atomic mass is 31.2. The van der Waals surface area contributed by atoms with Gasteiger partial charge in [0.1, 0.15) is 5.75 Å². The van der Waals surface area contributed by atoms with E-state index in [1.54, 1.807) is 0 Å². The molecule has 0 aliphatic carbocycles. The van der Waals surface area contributed by atoms with E-state index in [2.05, 4.69) is 31.2 Å². The lowest BCUT2D eigenvalue weighted by atomic mass is 9.94. The van der Waals surface area contributed by atoms with Crippen molar-refractivity contribution in [3.63, 3.8) is 0 Å². The lowest BCUT2D eigenvalue weighted by Crippen LogP contribution is -2.51. The van der Waals surface area contributed by atoms with E-state index in [0.29, 0.717) is 13.0 Å². The molecule has 7 heteroatoms. The summed E-state index contributed by atoms with van der Waals surface area (Å²) in [5.74, 6) is 0.848. The van der Waals surface area contributed by atoms with Gasteiger partial charge in [0.05, 0.1) is 25.4 Å². The van der Waals surface area contributed by atoms with Crippen LogP contribution in [0.25, 0.3) is 0 Å². The van der Waals surface area contributed by atoms with E-state index in [1.165, 1.54) is 11.1 Å². The normalized spacial score (nSPS) is 24.8. The minimum Gasteiger partial charge on any atom is -0.494 e. The van der Waals surface area contributed by atoms with Crippen LogP contribution in [0.5, 0.6) is 5.75 Å². The van der Waals surface area contributed by atoms with Gasteiger partial charge in [-0.1, -0.05) is 42.0 Å². The molecule has 0 atom stereocenters. The minimum absolute atomic E-state index is 0.0168. The molecule has 28 heavy (non-hydrogen) atoms. The van der Waals surface area contributed by atoms with Gasteiger partial charge in [0.2, 0.25) is 0 Å². The second-order valence-electron chi connectivity index (χ2n) is 7.46. The Kier molecular flexibility index (Phi) is 6.91. The standard InChI is InChI=1S/C21H28NO5P/c1-17-4-6-18(7-5-17)3-2-14-25-20-10-8-19(9-11-20)12-13-21(22)15-26-28(23,24)27-16-21/h4-11H,2-3,12-16,22H2,1H3,(H,23,24). The van der Waals surface area contributed by atoms with Crippen molar-refractivity contribution < 1.29 is 23.2 Å². The van der Waals surface area contributed by atoms with Gasteiger partial charge < -0.3 is 15.4 Å². The number of phosphoric acid groups is 1. The van der Waals surface area contributed by atoms with Gasteiger partial charge in [-0.05, 0) is 55.9 Å². The first-order valence-corrected chi connectivity index (χ1v) is 11.0. The fraction of sp³-hybridized carbons (Fsp3) is 0.429. The Balaban J connectivity index is 1.38. The minimum atomic E-state index is -3.90. The Hall–Kier alpha value is -1.69. The Bertz CT molecular complexity index is 795. The van der Waals surface area contributed by atoms with Gasteiger partial charge in [-0.2, -0.15) is 0 Å². The smallest absolute Gasteiger partial charge is 0.472 e. The second kappa shape index (κ2) is 9.21. The first kappa shape index (κ1) is 21.0. The molecule has 3 N–H and O–H groups in total. The van der Waals surface area contributed by atoms with E-state index < -0.39 is 13.4 Å². The van der Waals surface area contributed by atoms with Crippen LogP contribution in [0.4, 0.5) is 0 Å². The predicted molar refractivity (Wildman–Crippen MR) is 108 cm³/mol. The molecule has 0 radical (unpaired) electrons. The summed E-state index contributed by atoms with van der Waals surface area (Å²) in [6, 6.07) is 16.5. The van der Waals surface area contributed by atoms with E-state index in [4.69, 9.17) is 19.5 Å². The summed E-state index contributed by atoms with van der Waals surface area (Å²) >= 11 is 0. The SMILES string of the molecule is Cc1ccc(CCCOc2ccc(CCC3(N)COP(=O)(O)OC3)cc2)cc1. The summed E-state index contributed by atoms with van der Waals surface area (Å²) in [7, 11) is -3.90. The molecule has 3 rings (SSSR count). The summed E-state index contributed by atoms with van der Waals surface area (Å²) in [5, 5.41) is 0. The fourth-order valence-corrected chi connectivity index (χ4v) is 3.93. The van der Waals surface area contributed by atoms with Crippen molar-refractivity contribution in [2.24, 2.45) is 5.73 Å². The third kappa shape index (κ3) is 6.43. The molecule has 1 fully saturated rings. The molecule has 2 aromatic rings. The summed E-state index contributed by atoms with van der Waals surface area (Å²) < 4.78 is 26.7. The van der Waals surface area contributed by atoms with Crippen LogP contribution < -0.4 is 10.5 Å². The average molecular weight is 405 g/mol. The Labute approximate surface area is 166 Å². The van der Waals surface area contributed by atoms with E-state index in [0.717, 1.165) is 30.6 Å². The van der Waals surface area contributed by atoms with Crippen LogP contribution in [0.3, 0.4) is 0 Å². The zero-order valence-corrected chi connectivity index (χ0v) is 17.1. The van der Waals surface area contributed by atoms with Crippen molar-refractivity contribution in [2.75, 3.05) is 19.8 Å². The summed E-state index contributed by atoms with van der Waals surface area (Å²) in [5.41, 5.74) is 9.16. The highest BCUT2D eigenvalue weighted by Crippen LogP contribution is 2.47. The molecule has 6 nitrogen and oxygen atoms in total. The zero-order valence-electron chi connectivity index (χ0n) is 16.2. The van der Waals surface area contributed by atoms with Crippen LogP contribution in [0.1, 0.15) is 29.5 Å². The molecule has 0 unspecified atom stereocenters. The van der Waals surface area contributed by atoms with E-state index >= 15 is 0 Å². The van der Waals surface area contributed by atoms with Crippen molar-refractivity contribution in [1.29, 1.82) is 0 Å². The number of aryl methyl sites for hydroxylation is 3. The Morgan fingerprint density at radius 3 is 2.25 bits per heavy atom. The van der Waals surface area contributed by atoms with E-state index in [9.17, 15) is 9.46 Å². The highest BCUT2D eigenvalue weighted by Gasteiger charge is 2.38. The largest absolute Gasteiger partial charge is 0.494 e. The first-order valence-electron chi connectivity index (χ1n) is 9.52. The maximum absolute atomic E-state index is 11.3. The van der Waals surface area contributed by atoms with Crippen LogP contribution >= 0.6 is 7.82 Å². The third-order valence-electron chi connectivity index (χ3n) is 4.86. The third-order valence-corrected chi connectivity index (χ3v) is 5.78. The van der Waals surface area contributed by atoms with Crippen LogP contribution in [0.2, 0.25) is 0 Å². The molecule has 0 spiro atoms. The van der Waals surface area contributed by atoms with Crippen molar-refractivity contribution in [1.82, 2.24) is 0 Å². The van der Waals surface area contributed by atoms with Gasteiger partial charge in [0, 0.05) is 0 Å². The number of rotatable bonds is 8. The van der Waals surface area contributed by atoms with Gasteiger partial charge >= 0.3 is 7.82 Å². The lowest BCUT2D eigenvalue weighted by molar-refractivity contribution is 0.0372. The Morgan fingerprint density at radius 1 is 1.04 bits per heavy atom. The molecule has 0 saturated carbocycles. The predicted octanol–water partition coefficient (Wildman–Crippen LogP) is 3.78. The van der Waals surface area contributed by atoms with Crippen LogP contribution in [0, 0.1) is 6.92 Å². The number of hydrogen-bond donors (Lipinski definition) is 2. The van der Waals surface area contributed by atoms with Crippen molar-refractivity contribution in [3.05, 3.63) is 65.2 Å². The molecular weight excluding hydrogens is 377 g/mol. The van der Waals surface area contributed by atoms with E-state index in [1.807, 2.05) is 24.3 Å². The number of benzene rings is 2. The molecule has 2 aromatic carbocycles. The van der Waals surface area contributed by atoms with Crippen LogP contribution in [-0.2, 0) is 26.5 Å².